The molecule has 0 saturated carbocycles. The van der Waals surface area contributed by atoms with Gasteiger partial charge in [0.1, 0.15) is 17.5 Å². The van der Waals surface area contributed by atoms with Gasteiger partial charge in [-0.1, -0.05) is 18.2 Å². The smallest absolute Gasteiger partial charge is 0.235 e. The Labute approximate surface area is 154 Å². The Morgan fingerprint density at radius 3 is 2.11 bits per heavy atom. The summed E-state index contributed by atoms with van der Waals surface area (Å²) < 4.78 is 40.3. The Bertz CT molecular complexity index is 1030. The molecule has 0 fully saturated rings. The minimum atomic E-state index is -0.967. The molecule has 0 aromatic heterocycles. The zero-order valence-electron chi connectivity index (χ0n) is 14.5. The SMILES string of the molecule is CC1(Cc2cc(F)cc(F)c2)C(=O)Nc2ccc(-c3ccc(F)cc3)cc21. The first-order valence-electron chi connectivity index (χ1n) is 8.52. The highest BCUT2D eigenvalue weighted by molar-refractivity contribution is 6.06. The first kappa shape index (κ1) is 17.3. The highest BCUT2D eigenvalue weighted by atomic mass is 19.1. The Balaban J connectivity index is 1.76. The number of carbonyl (C=O) groups excluding carboxylic acids is 1. The number of halogens is 3. The summed E-state index contributed by atoms with van der Waals surface area (Å²) >= 11 is 0. The van der Waals surface area contributed by atoms with Crippen molar-refractivity contribution in [2.24, 2.45) is 0 Å². The van der Waals surface area contributed by atoms with Crippen molar-refractivity contribution in [2.45, 2.75) is 18.8 Å². The lowest BCUT2D eigenvalue weighted by Crippen LogP contribution is -2.33. The lowest BCUT2D eigenvalue weighted by Gasteiger charge is -2.23. The second-order valence-corrected chi connectivity index (χ2v) is 7.01. The van der Waals surface area contributed by atoms with Crippen LogP contribution in [0.3, 0.4) is 0 Å². The molecule has 1 aliphatic heterocycles. The van der Waals surface area contributed by atoms with Gasteiger partial charge in [0.15, 0.2) is 0 Å². The Morgan fingerprint density at radius 2 is 1.44 bits per heavy atom. The first-order valence-corrected chi connectivity index (χ1v) is 8.52. The Morgan fingerprint density at radius 1 is 0.815 bits per heavy atom. The molecule has 1 unspecified atom stereocenters. The van der Waals surface area contributed by atoms with Gasteiger partial charge >= 0.3 is 0 Å². The maximum absolute atomic E-state index is 13.6. The van der Waals surface area contributed by atoms with Crippen molar-refractivity contribution in [1.82, 2.24) is 0 Å². The van der Waals surface area contributed by atoms with Crippen molar-refractivity contribution in [3.05, 3.63) is 89.2 Å². The summed E-state index contributed by atoms with van der Waals surface area (Å²) in [5.74, 6) is -1.90. The average Bonchev–Trinajstić information content (AvgIpc) is 2.85. The monoisotopic (exact) mass is 367 g/mol. The quantitative estimate of drug-likeness (QED) is 0.675. The number of hydrogen-bond acceptors (Lipinski definition) is 1. The van der Waals surface area contributed by atoms with E-state index in [2.05, 4.69) is 5.32 Å². The summed E-state index contributed by atoms with van der Waals surface area (Å²) in [5, 5.41) is 2.84. The summed E-state index contributed by atoms with van der Waals surface area (Å²) in [5.41, 5.74) is 2.51. The molecular formula is C22H16F3NO. The lowest BCUT2D eigenvalue weighted by atomic mass is 9.77. The van der Waals surface area contributed by atoms with Gasteiger partial charge in [-0.25, -0.2) is 13.2 Å². The third-order valence-electron chi connectivity index (χ3n) is 5.02. The molecule has 4 rings (SSSR count). The van der Waals surface area contributed by atoms with Gasteiger partial charge in [-0.2, -0.15) is 0 Å². The highest BCUT2D eigenvalue weighted by Crippen LogP contribution is 2.42. The van der Waals surface area contributed by atoms with Crippen molar-refractivity contribution in [3.63, 3.8) is 0 Å². The van der Waals surface area contributed by atoms with E-state index in [0.717, 1.165) is 22.8 Å². The number of fused-ring (bicyclic) bond motifs is 1. The van der Waals surface area contributed by atoms with Crippen LogP contribution < -0.4 is 5.32 Å². The van der Waals surface area contributed by atoms with E-state index >= 15 is 0 Å². The Kier molecular flexibility index (Phi) is 4.02. The van der Waals surface area contributed by atoms with Crippen LogP contribution in [0.1, 0.15) is 18.1 Å². The predicted octanol–water partition coefficient (Wildman–Crippen LogP) is 5.22. The highest BCUT2D eigenvalue weighted by Gasteiger charge is 2.42. The van der Waals surface area contributed by atoms with Crippen LogP contribution in [0.2, 0.25) is 0 Å². The minimum Gasteiger partial charge on any atom is -0.325 e. The van der Waals surface area contributed by atoms with Crippen molar-refractivity contribution < 1.29 is 18.0 Å². The van der Waals surface area contributed by atoms with Crippen LogP contribution in [0.5, 0.6) is 0 Å². The van der Waals surface area contributed by atoms with E-state index in [-0.39, 0.29) is 18.1 Å². The second kappa shape index (κ2) is 6.27. The molecule has 5 heteroatoms. The molecule has 0 saturated heterocycles. The van der Waals surface area contributed by atoms with Crippen molar-refractivity contribution in [3.8, 4) is 11.1 Å². The fourth-order valence-electron chi connectivity index (χ4n) is 3.61. The molecule has 2 nitrogen and oxygen atoms in total. The zero-order valence-corrected chi connectivity index (χ0v) is 14.5. The van der Waals surface area contributed by atoms with E-state index in [1.807, 2.05) is 12.1 Å². The molecule has 0 spiro atoms. The number of nitrogens with one attached hydrogen (secondary N) is 1. The second-order valence-electron chi connectivity index (χ2n) is 7.01. The van der Waals surface area contributed by atoms with E-state index in [1.54, 1.807) is 25.1 Å². The van der Waals surface area contributed by atoms with Crippen LogP contribution in [-0.2, 0) is 16.6 Å². The third-order valence-corrected chi connectivity index (χ3v) is 5.02. The molecule has 1 atom stereocenters. The molecular weight excluding hydrogens is 351 g/mol. The van der Waals surface area contributed by atoms with Crippen molar-refractivity contribution in [2.75, 3.05) is 5.32 Å². The first-order chi connectivity index (χ1) is 12.8. The lowest BCUT2D eigenvalue weighted by molar-refractivity contribution is -0.120. The summed E-state index contributed by atoms with van der Waals surface area (Å²) in [6, 6.07) is 14.9. The van der Waals surface area contributed by atoms with Crippen LogP contribution >= 0.6 is 0 Å². The summed E-state index contributed by atoms with van der Waals surface area (Å²) in [7, 11) is 0. The maximum Gasteiger partial charge on any atom is 0.235 e. The summed E-state index contributed by atoms with van der Waals surface area (Å²) in [6.07, 6.45) is 0.160. The van der Waals surface area contributed by atoms with Gasteiger partial charge in [0, 0.05) is 11.8 Å². The van der Waals surface area contributed by atoms with Crippen LogP contribution in [0, 0.1) is 17.5 Å². The molecule has 0 aliphatic carbocycles. The van der Waals surface area contributed by atoms with Crippen LogP contribution in [-0.4, -0.2) is 5.91 Å². The molecule has 136 valence electrons. The van der Waals surface area contributed by atoms with Crippen LogP contribution in [0.25, 0.3) is 11.1 Å². The normalized spacial score (nSPS) is 18.3. The maximum atomic E-state index is 13.6. The molecule has 1 aliphatic rings. The van der Waals surface area contributed by atoms with Gasteiger partial charge in [-0.3, -0.25) is 4.79 Å². The largest absolute Gasteiger partial charge is 0.325 e. The molecule has 0 bridgehead atoms. The molecule has 1 heterocycles. The molecule has 1 amide bonds. The fourth-order valence-corrected chi connectivity index (χ4v) is 3.61. The summed E-state index contributed by atoms with van der Waals surface area (Å²) in [4.78, 5) is 12.7. The van der Waals surface area contributed by atoms with Gasteiger partial charge < -0.3 is 5.32 Å². The topological polar surface area (TPSA) is 29.1 Å². The molecule has 27 heavy (non-hydrogen) atoms. The number of hydrogen-bond donors (Lipinski definition) is 1. The molecule has 1 N–H and O–H groups in total. The summed E-state index contributed by atoms with van der Waals surface area (Å²) in [6.45, 7) is 1.76. The van der Waals surface area contributed by atoms with E-state index in [1.165, 1.54) is 24.3 Å². The Hall–Kier alpha value is -3.08. The van der Waals surface area contributed by atoms with Gasteiger partial charge in [0.05, 0.1) is 5.41 Å². The van der Waals surface area contributed by atoms with Gasteiger partial charge in [-0.05, 0) is 72.0 Å². The third kappa shape index (κ3) is 3.10. The van der Waals surface area contributed by atoms with Gasteiger partial charge in [0.25, 0.3) is 0 Å². The number of benzene rings is 3. The van der Waals surface area contributed by atoms with Gasteiger partial charge in [-0.15, -0.1) is 0 Å². The van der Waals surface area contributed by atoms with Gasteiger partial charge in [0.2, 0.25) is 5.91 Å². The molecule has 3 aromatic rings. The number of amides is 1. The minimum absolute atomic E-state index is 0.160. The van der Waals surface area contributed by atoms with Crippen molar-refractivity contribution >= 4 is 11.6 Å². The average molecular weight is 367 g/mol. The van der Waals surface area contributed by atoms with E-state index in [9.17, 15) is 18.0 Å². The molecule has 0 radical (unpaired) electrons. The van der Waals surface area contributed by atoms with E-state index < -0.39 is 17.0 Å². The van der Waals surface area contributed by atoms with Crippen molar-refractivity contribution in [1.29, 1.82) is 0 Å². The van der Waals surface area contributed by atoms with Crippen LogP contribution in [0.4, 0.5) is 18.9 Å². The van der Waals surface area contributed by atoms with E-state index in [0.29, 0.717) is 11.3 Å². The molecule has 3 aromatic carbocycles. The number of carbonyl (C=O) groups is 1. The predicted molar refractivity (Wildman–Crippen MR) is 97.9 cm³/mol. The van der Waals surface area contributed by atoms with E-state index in [4.69, 9.17) is 0 Å². The fraction of sp³-hybridized carbons (Fsp3) is 0.136. The standard InChI is InChI=1S/C22H16F3NO/c1-22(12-13-8-17(24)11-18(25)9-13)19-10-15(4-7-20(19)26-21(22)27)14-2-5-16(23)6-3-14/h2-11H,12H2,1H3,(H,26,27). The zero-order chi connectivity index (χ0) is 19.2. The van der Waals surface area contributed by atoms with Crippen LogP contribution in [0.15, 0.2) is 60.7 Å². The number of anilines is 1. The number of rotatable bonds is 3.